The largest absolute Gasteiger partial charge is 0.355 e. The van der Waals surface area contributed by atoms with Crippen LogP contribution in [0.1, 0.15) is 12.8 Å². The molecule has 0 radical (unpaired) electrons. The molecule has 0 saturated carbocycles. The minimum atomic E-state index is 0.442. The van der Waals surface area contributed by atoms with Crippen LogP contribution in [0.4, 0.5) is 5.82 Å². The van der Waals surface area contributed by atoms with Crippen molar-refractivity contribution in [3.8, 4) is 11.3 Å². The summed E-state index contributed by atoms with van der Waals surface area (Å²) in [7, 11) is 3.80. The molecule has 2 saturated heterocycles. The minimum Gasteiger partial charge on any atom is -0.355 e. The lowest BCUT2D eigenvalue weighted by molar-refractivity contribution is 0.216. The summed E-state index contributed by atoms with van der Waals surface area (Å²) < 4.78 is 0. The molecule has 0 aliphatic carbocycles. The normalized spacial score (nSPS) is 22.2. The first-order chi connectivity index (χ1) is 14.1. The molecule has 2 aromatic heterocycles. The second-order valence-electron chi connectivity index (χ2n) is 7.80. The van der Waals surface area contributed by atoms with Crippen molar-refractivity contribution in [2.45, 2.75) is 18.9 Å². The Balaban J connectivity index is 1.40. The number of H-pyrrole nitrogens is 1. The van der Waals surface area contributed by atoms with Crippen LogP contribution in [-0.2, 0) is 0 Å². The van der Waals surface area contributed by atoms with E-state index < -0.39 is 0 Å². The van der Waals surface area contributed by atoms with E-state index in [4.69, 9.17) is 28.2 Å². The fourth-order valence-electron chi connectivity index (χ4n) is 4.57. The molecule has 5 rings (SSSR count). The maximum Gasteiger partial charge on any atom is 0.202 e. The predicted octanol–water partition coefficient (Wildman–Crippen LogP) is 4.35. The van der Waals surface area contributed by atoms with E-state index in [2.05, 4.69) is 34.6 Å². The number of nitrogens with zero attached hydrogens (tertiary/aromatic N) is 4. The standard InChI is InChI=1S/C19H22Cl2N6P2/c20-12-3-1-2-11(15(12)21)16-17-18(25-24-16)23-14(8-22-17)27-6-4-19(5-7-27)10-29-9-13(19)26-28/h1-3,8,13,26,29H,4-7,9-10,28H2,(H,23,24,25)/t13-/m1/s1. The second-order valence-corrected chi connectivity index (χ2v) is 10.2. The average Bonchev–Trinajstić information content (AvgIpc) is 3.34. The van der Waals surface area contributed by atoms with Gasteiger partial charge < -0.3 is 4.90 Å². The Morgan fingerprint density at radius 1 is 1.28 bits per heavy atom. The van der Waals surface area contributed by atoms with Gasteiger partial charge in [-0.1, -0.05) is 44.7 Å². The van der Waals surface area contributed by atoms with Crippen molar-refractivity contribution in [3.05, 3.63) is 34.4 Å². The Morgan fingerprint density at radius 3 is 2.90 bits per heavy atom. The monoisotopic (exact) mass is 466 g/mol. The van der Waals surface area contributed by atoms with Gasteiger partial charge in [0.15, 0.2) is 0 Å². The number of hydrogen-bond donors (Lipinski definition) is 2. The number of halogens is 2. The molecule has 2 aliphatic rings. The topological polar surface area (TPSA) is 69.7 Å². The Hall–Kier alpha value is -1.03. The first kappa shape index (κ1) is 19.9. The molecule has 2 N–H and O–H groups in total. The summed E-state index contributed by atoms with van der Waals surface area (Å²) in [6, 6.07) is 6.15. The van der Waals surface area contributed by atoms with Gasteiger partial charge in [0.05, 0.1) is 21.9 Å². The second kappa shape index (κ2) is 7.90. The number of hydrogen-bond acceptors (Lipinski definition) is 5. The van der Waals surface area contributed by atoms with Gasteiger partial charge in [-0.2, -0.15) is 5.10 Å². The Morgan fingerprint density at radius 2 is 2.10 bits per heavy atom. The fraction of sp³-hybridized carbons (Fsp3) is 0.421. The van der Waals surface area contributed by atoms with Gasteiger partial charge in [-0.15, -0.1) is 8.58 Å². The van der Waals surface area contributed by atoms with E-state index in [1.54, 1.807) is 6.07 Å². The van der Waals surface area contributed by atoms with Crippen molar-refractivity contribution in [3.63, 3.8) is 0 Å². The maximum atomic E-state index is 6.38. The van der Waals surface area contributed by atoms with Crippen molar-refractivity contribution in [2.24, 2.45) is 5.41 Å². The van der Waals surface area contributed by atoms with Crippen LogP contribution in [-0.4, -0.2) is 51.6 Å². The van der Waals surface area contributed by atoms with E-state index >= 15 is 0 Å². The van der Waals surface area contributed by atoms with Crippen LogP contribution >= 0.6 is 41.2 Å². The molecule has 152 valence electrons. The highest BCUT2D eigenvalue weighted by Crippen LogP contribution is 2.47. The van der Waals surface area contributed by atoms with Gasteiger partial charge in [-0.3, -0.25) is 10.2 Å². The van der Waals surface area contributed by atoms with E-state index in [0.29, 0.717) is 32.7 Å². The molecule has 1 spiro atoms. The zero-order valence-electron chi connectivity index (χ0n) is 15.8. The molecule has 29 heavy (non-hydrogen) atoms. The van der Waals surface area contributed by atoms with Gasteiger partial charge in [0, 0.05) is 24.7 Å². The van der Waals surface area contributed by atoms with Crippen LogP contribution in [0.5, 0.6) is 0 Å². The lowest BCUT2D eigenvalue weighted by Crippen LogP contribution is -2.49. The minimum absolute atomic E-state index is 0.442. The molecule has 2 aliphatic heterocycles. The highest BCUT2D eigenvalue weighted by atomic mass is 35.5. The van der Waals surface area contributed by atoms with Crippen LogP contribution in [0.25, 0.3) is 22.4 Å². The van der Waals surface area contributed by atoms with Gasteiger partial charge in [-0.25, -0.2) is 9.97 Å². The Bertz CT molecular complexity index is 1050. The lowest BCUT2D eigenvalue weighted by Gasteiger charge is -2.43. The number of nitrogens with one attached hydrogen (secondary N) is 2. The van der Waals surface area contributed by atoms with Gasteiger partial charge >= 0.3 is 0 Å². The van der Waals surface area contributed by atoms with Crippen LogP contribution in [0.15, 0.2) is 24.4 Å². The Labute approximate surface area is 183 Å². The highest BCUT2D eigenvalue weighted by molar-refractivity contribution is 7.38. The van der Waals surface area contributed by atoms with Crippen LogP contribution < -0.4 is 9.99 Å². The summed E-state index contributed by atoms with van der Waals surface area (Å²) in [5.74, 6) is 0.887. The molecule has 3 aromatic rings. The van der Waals surface area contributed by atoms with E-state index in [0.717, 1.165) is 38.7 Å². The summed E-state index contributed by atoms with van der Waals surface area (Å²) in [5, 5.41) is 11.9. The van der Waals surface area contributed by atoms with E-state index in [9.17, 15) is 0 Å². The first-order valence-electron chi connectivity index (χ1n) is 9.68. The summed E-state index contributed by atoms with van der Waals surface area (Å²) in [5.41, 5.74) is 3.26. The third-order valence-electron chi connectivity index (χ3n) is 6.32. The number of benzene rings is 1. The van der Waals surface area contributed by atoms with E-state index in [1.165, 1.54) is 25.2 Å². The molecule has 4 heterocycles. The van der Waals surface area contributed by atoms with Crippen molar-refractivity contribution in [2.75, 3.05) is 30.3 Å². The number of piperidine rings is 1. The van der Waals surface area contributed by atoms with Crippen molar-refractivity contribution in [1.82, 2.24) is 25.3 Å². The highest BCUT2D eigenvalue weighted by Gasteiger charge is 2.44. The summed E-state index contributed by atoms with van der Waals surface area (Å²) in [6.07, 6.45) is 6.88. The molecule has 0 bridgehead atoms. The van der Waals surface area contributed by atoms with Gasteiger partial charge in [0.1, 0.15) is 11.3 Å². The number of rotatable bonds is 3. The molecule has 1 aromatic carbocycles. The quantitative estimate of drug-likeness (QED) is 0.561. The number of anilines is 1. The molecule has 2 unspecified atom stereocenters. The third kappa shape index (κ3) is 3.43. The van der Waals surface area contributed by atoms with Crippen LogP contribution in [0, 0.1) is 5.41 Å². The Kier molecular flexibility index (Phi) is 5.43. The average molecular weight is 467 g/mol. The zero-order chi connectivity index (χ0) is 20.0. The third-order valence-corrected chi connectivity index (χ3v) is 9.19. The number of aromatic nitrogens is 4. The van der Waals surface area contributed by atoms with Crippen molar-refractivity contribution < 1.29 is 0 Å². The molecule has 2 fully saturated rings. The van der Waals surface area contributed by atoms with Gasteiger partial charge in [0.2, 0.25) is 5.65 Å². The van der Waals surface area contributed by atoms with E-state index in [1.807, 2.05) is 18.3 Å². The van der Waals surface area contributed by atoms with Crippen molar-refractivity contribution >= 4 is 58.2 Å². The van der Waals surface area contributed by atoms with Gasteiger partial charge in [0.25, 0.3) is 0 Å². The number of aromatic amines is 1. The summed E-state index contributed by atoms with van der Waals surface area (Å²) >= 11 is 12.5. The molecule has 0 amide bonds. The SMILES string of the molecule is PN[C@@H]1CPCC12CCN(c1cnc3c(-c4cccc(Cl)c4Cl)[nH]nc3n1)CC2. The summed E-state index contributed by atoms with van der Waals surface area (Å²) in [4.78, 5) is 11.8. The number of fused-ring (bicyclic) bond motifs is 1. The van der Waals surface area contributed by atoms with E-state index in [-0.39, 0.29) is 0 Å². The molecular formula is C19H22Cl2N6P2. The smallest absolute Gasteiger partial charge is 0.202 e. The molecule has 10 heteroatoms. The van der Waals surface area contributed by atoms with Crippen LogP contribution in [0.3, 0.4) is 0 Å². The first-order valence-corrected chi connectivity index (χ1v) is 12.4. The summed E-state index contributed by atoms with van der Waals surface area (Å²) in [6.45, 7) is 2.01. The molecular weight excluding hydrogens is 445 g/mol. The lowest BCUT2D eigenvalue weighted by atomic mass is 9.75. The molecule has 3 atom stereocenters. The molecule has 6 nitrogen and oxygen atoms in total. The zero-order valence-corrected chi connectivity index (χ0v) is 19.4. The maximum absolute atomic E-state index is 6.38. The van der Waals surface area contributed by atoms with Gasteiger partial charge in [-0.05, 0) is 36.6 Å². The van der Waals surface area contributed by atoms with Crippen molar-refractivity contribution in [1.29, 1.82) is 0 Å². The predicted molar refractivity (Wildman–Crippen MR) is 126 cm³/mol. The fourth-order valence-corrected chi connectivity index (χ4v) is 7.75. The van der Waals surface area contributed by atoms with Crippen LogP contribution in [0.2, 0.25) is 10.0 Å².